The lowest BCUT2D eigenvalue weighted by Gasteiger charge is -2.35. The first-order valence-corrected chi connectivity index (χ1v) is 15.2. The molecule has 0 aromatic rings. The molecule has 0 radical (unpaired) electrons. The van der Waals surface area contributed by atoms with Crippen LogP contribution in [0.25, 0.3) is 0 Å². The summed E-state index contributed by atoms with van der Waals surface area (Å²) in [7, 11) is 0. The van der Waals surface area contributed by atoms with Crippen molar-refractivity contribution in [3.05, 3.63) is 11.9 Å². The van der Waals surface area contributed by atoms with Crippen molar-refractivity contribution in [3.63, 3.8) is 0 Å². The van der Waals surface area contributed by atoms with Crippen LogP contribution in [0.4, 0.5) is 9.59 Å². The fourth-order valence-corrected chi connectivity index (χ4v) is 7.24. The minimum Gasteiger partial charge on any atom is -0.459 e. The van der Waals surface area contributed by atoms with E-state index < -0.39 is 41.6 Å². The van der Waals surface area contributed by atoms with Crippen LogP contribution in [0.5, 0.6) is 0 Å². The molecule has 3 aliphatic heterocycles. The lowest BCUT2D eigenvalue weighted by atomic mass is 9.85. The average molecular weight is 585 g/mol. The van der Waals surface area contributed by atoms with E-state index in [9.17, 15) is 19.2 Å². The highest BCUT2D eigenvalue weighted by atomic mass is 16.6. The van der Waals surface area contributed by atoms with Gasteiger partial charge < -0.3 is 25.1 Å². The summed E-state index contributed by atoms with van der Waals surface area (Å²) in [6.07, 6.45) is 6.50. The van der Waals surface area contributed by atoms with Crippen LogP contribution in [0.2, 0.25) is 0 Å². The van der Waals surface area contributed by atoms with Gasteiger partial charge in [0.15, 0.2) is 5.78 Å². The summed E-state index contributed by atoms with van der Waals surface area (Å²) >= 11 is 0. The molecule has 2 saturated heterocycles. The lowest BCUT2D eigenvalue weighted by molar-refractivity contribution is -0.141. The first-order valence-electron chi connectivity index (χ1n) is 15.2. The molecule has 2 aliphatic carbocycles. The van der Waals surface area contributed by atoms with Gasteiger partial charge in [-0.15, -0.1) is 0 Å². The number of nitrogens with one attached hydrogen (secondary N) is 3. The molecular weight excluding hydrogens is 540 g/mol. The number of nitrogens with zero attached hydrogens (tertiary/aromatic N) is 3. The predicted molar refractivity (Wildman–Crippen MR) is 155 cm³/mol. The number of hydrogen-bond donors (Lipinski definition) is 3. The zero-order chi connectivity index (χ0) is 30.3. The Balaban J connectivity index is 1.47. The second kappa shape index (κ2) is 11.7. The van der Waals surface area contributed by atoms with E-state index in [1.807, 2.05) is 27.7 Å². The number of fused-ring (bicyclic) bond motifs is 6. The number of ether oxygens (including phenoxy) is 2. The molecule has 2 bridgehead atoms. The standard InChI is InChI=1S/C30H44N6O6/c1-16-22-15-36(24(16)17(2)37)26(38)25(30(3,4)5)34-29(40)42-21-14-18-13-20(18)19(21)9-7-6-8-12-35-27(39)32-23(10-11-31)33-28(35)41-22/h10-11,16,18-22,24-25,31H,6-9,12-15H2,1-5H3,(H,32,39)(H,34,40)/b23-10+,31-11?/t16-,18?,19-,20?,21-,22+,24+,25-/m1/s1. The van der Waals surface area contributed by atoms with Crippen LogP contribution in [-0.2, 0) is 19.1 Å². The maximum atomic E-state index is 14.1. The zero-order valence-corrected chi connectivity index (χ0v) is 25.2. The van der Waals surface area contributed by atoms with Gasteiger partial charge in [-0.2, -0.15) is 4.99 Å². The summed E-state index contributed by atoms with van der Waals surface area (Å²) < 4.78 is 12.3. The third kappa shape index (κ3) is 6.03. The van der Waals surface area contributed by atoms with Gasteiger partial charge in [-0.25, -0.2) is 14.5 Å². The molecule has 42 heavy (non-hydrogen) atoms. The van der Waals surface area contributed by atoms with Crippen molar-refractivity contribution in [3.8, 4) is 0 Å². The summed E-state index contributed by atoms with van der Waals surface area (Å²) in [4.78, 5) is 60.8. The molecule has 0 aromatic carbocycles. The summed E-state index contributed by atoms with van der Waals surface area (Å²) in [5, 5.41) is 13.0. The molecule has 2 saturated carbocycles. The zero-order valence-electron chi connectivity index (χ0n) is 25.2. The first kappa shape index (κ1) is 30.0. The Labute approximate surface area is 247 Å². The third-order valence-corrected chi connectivity index (χ3v) is 9.51. The maximum Gasteiger partial charge on any atom is 0.408 e. The monoisotopic (exact) mass is 584 g/mol. The molecular formula is C30H44N6O6. The van der Waals surface area contributed by atoms with E-state index in [0.717, 1.165) is 38.3 Å². The Morgan fingerprint density at radius 2 is 1.83 bits per heavy atom. The molecule has 4 fully saturated rings. The Hall–Kier alpha value is -3.44. The van der Waals surface area contributed by atoms with Gasteiger partial charge in [0.2, 0.25) is 5.91 Å². The molecule has 4 amide bonds. The fourth-order valence-electron chi connectivity index (χ4n) is 7.24. The Morgan fingerprint density at radius 3 is 2.52 bits per heavy atom. The number of allylic oxidation sites excluding steroid dienone is 1. The summed E-state index contributed by atoms with van der Waals surface area (Å²) in [5.41, 5.74) is -0.660. The molecule has 0 aromatic heterocycles. The van der Waals surface area contributed by atoms with Crippen molar-refractivity contribution in [2.45, 2.75) is 97.4 Å². The molecule has 8 atom stereocenters. The van der Waals surface area contributed by atoms with Gasteiger partial charge in [0.25, 0.3) is 0 Å². The number of hydrogen-bond acceptors (Lipinski definition) is 8. The molecule has 2 unspecified atom stereocenters. The van der Waals surface area contributed by atoms with Gasteiger partial charge in [-0.3, -0.25) is 14.9 Å². The Bertz CT molecular complexity index is 1190. The number of alkyl carbamates (subject to hydrolysis) is 1. The minimum atomic E-state index is -0.928. The van der Waals surface area contributed by atoms with Crippen LogP contribution in [-0.4, -0.2) is 83.2 Å². The summed E-state index contributed by atoms with van der Waals surface area (Å²) in [5.74, 6) is 0.668. The van der Waals surface area contributed by atoms with Crippen LogP contribution in [0.1, 0.15) is 73.1 Å². The quantitative estimate of drug-likeness (QED) is 0.423. The van der Waals surface area contributed by atoms with Crippen LogP contribution in [0.15, 0.2) is 16.9 Å². The largest absolute Gasteiger partial charge is 0.459 e. The normalized spacial score (nSPS) is 36.6. The van der Waals surface area contributed by atoms with E-state index in [2.05, 4.69) is 15.6 Å². The van der Waals surface area contributed by atoms with Gasteiger partial charge in [-0.05, 0) is 61.9 Å². The van der Waals surface area contributed by atoms with Gasteiger partial charge in [0.1, 0.15) is 24.1 Å². The number of aliphatic imine (C=N–C) groups is 1. The molecule has 12 nitrogen and oxygen atoms in total. The second-order valence-electron chi connectivity index (χ2n) is 13.6. The lowest BCUT2D eigenvalue weighted by Crippen LogP contribution is -2.57. The van der Waals surface area contributed by atoms with Crippen molar-refractivity contribution < 1.29 is 28.7 Å². The van der Waals surface area contributed by atoms with E-state index >= 15 is 0 Å². The first-order chi connectivity index (χ1) is 19.9. The van der Waals surface area contributed by atoms with Gasteiger partial charge >= 0.3 is 18.1 Å². The number of carbonyl (C=O) groups excluding carboxylic acids is 4. The van der Waals surface area contributed by atoms with Gasteiger partial charge in [-0.1, -0.05) is 40.5 Å². The van der Waals surface area contributed by atoms with Crippen molar-refractivity contribution in [1.82, 2.24) is 20.4 Å². The predicted octanol–water partition coefficient (Wildman–Crippen LogP) is 3.42. The van der Waals surface area contributed by atoms with Crippen molar-refractivity contribution in [2.75, 3.05) is 13.1 Å². The Morgan fingerprint density at radius 1 is 1.07 bits per heavy atom. The molecule has 5 rings (SSSR count). The summed E-state index contributed by atoms with van der Waals surface area (Å²) in [6.45, 7) is 9.37. The van der Waals surface area contributed by atoms with Gasteiger partial charge in [0.05, 0.1) is 12.6 Å². The second-order valence-corrected chi connectivity index (χ2v) is 13.6. The van der Waals surface area contributed by atoms with Crippen LogP contribution in [0.3, 0.4) is 0 Å². The smallest absolute Gasteiger partial charge is 0.408 e. The van der Waals surface area contributed by atoms with Gasteiger partial charge in [0, 0.05) is 18.7 Å². The van der Waals surface area contributed by atoms with E-state index in [4.69, 9.17) is 14.9 Å². The molecule has 5 aliphatic rings. The molecule has 12 heteroatoms. The van der Waals surface area contributed by atoms with Crippen LogP contribution >= 0.6 is 0 Å². The maximum absolute atomic E-state index is 14.1. The highest BCUT2D eigenvalue weighted by molar-refractivity contribution is 5.98. The average Bonchev–Trinajstić information content (AvgIpc) is 3.46. The highest BCUT2D eigenvalue weighted by Crippen LogP contribution is 2.57. The fraction of sp³-hybridized carbons (Fsp3) is 0.733. The molecule has 3 heterocycles. The molecule has 0 spiro atoms. The van der Waals surface area contributed by atoms with Crippen LogP contribution in [0, 0.1) is 34.5 Å². The molecule has 230 valence electrons. The van der Waals surface area contributed by atoms with Crippen molar-refractivity contribution in [1.29, 1.82) is 5.41 Å². The van der Waals surface area contributed by atoms with E-state index in [1.54, 1.807) is 0 Å². The summed E-state index contributed by atoms with van der Waals surface area (Å²) in [6, 6.07) is -2.01. The third-order valence-electron chi connectivity index (χ3n) is 9.51. The number of amides is 4. The minimum absolute atomic E-state index is 0.0830. The number of carbonyl (C=O) groups is 4. The van der Waals surface area contributed by atoms with E-state index in [0.29, 0.717) is 24.3 Å². The molecule has 3 N–H and O–H groups in total. The number of amidine groups is 1. The van der Waals surface area contributed by atoms with Crippen LogP contribution < -0.4 is 10.6 Å². The highest BCUT2D eigenvalue weighted by Gasteiger charge is 2.55. The van der Waals surface area contributed by atoms with E-state index in [-0.39, 0.29) is 36.2 Å². The number of urea groups is 1. The number of ketones is 1. The van der Waals surface area contributed by atoms with Crippen molar-refractivity contribution >= 4 is 36.1 Å². The van der Waals surface area contributed by atoms with Crippen molar-refractivity contribution in [2.24, 2.45) is 34.1 Å². The SMILES string of the molecule is CC(=O)[C@@H]1[C@H](C)[C@@H]2CN1C(=O)[C@H](C(C)(C)C)NC(=O)O[C@@H]1CC3CC3[C@H]1CCCCCN1C(=O)N/C(=C\C=N)N=C1O2. The number of rotatable bonds is 2. The van der Waals surface area contributed by atoms with E-state index in [1.165, 1.54) is 29.2 Å². The Kier molecular flexibility index (Phi) is 8.35. The topological polar surface area (TPSA) is 153 Å². The number of Topliss-reactive ketones (excluding diaryl/α,β-unsaturated/α-hetero) is 1.